The molecule has 0 spiro atoms. The molecule has 0 radical (unpaired) electrons. The summed E-state index contributed by atoms with van der Waals surface area (Å²) >= 11 is 0. The van der Waals surface area contributed by atoms with Gasteiger partial charge in [-0.05, 0) is 31.6 Å². The monoisotopic (exact) mass is 1550 g/mol. The number of unbranched alkanes of at least 4 members (excludes halogenated alkanes) is 58. The van der Waals surface area contributed by atoms with E-state index < -0.39 is 97.5 Å². The molecule has 106 heavy (non-hydrogen) atoms. The highest BCUT2D eigenvalue weighted by Crippen LogP contribution is 2.45. The third-order valence-electron chi connectivity index (χ3n) is 20.9. The lowest BCUT2D eigenvalue weighted by Gasteiger charge is -2.21. The van der Waals surface area contributed by atoms with E-state index in [0.29, 0.717) is 25.7 Å². The van der Waals surface area contributed by atoms with Gasteiger partial charge in [0.15, 0.2) is 12.2 Å². The van der Waals surface area contributed by atoms with Gasteiger partial charge in [0.1, 0.15) is 19.3 Å². The van der Waals surface area contributed by atoms with Crippen molar-refractivity contribution in [3.63, 3.8) is 0 Å². The predicted molar refractivity (Wildman–Crippen MR) is 437 cm³/mol. The first-order valence-corrected chi connectivity index (χ1v) is 48.2. The number of rotatable bonds is 87. The van der Waals surface area contributed by atoms with Gasteiger partial charge in [-0.25, -0.2) is 9.13 Å². The molecule has 17 nitrogen and oxygen atoms in total. The number of phosphoric acid groups is 2. The first-order chi connectivity index (χ1) is 51.6. The van der Waals surface area contributed by atoms with Crippen LogP contribution in [0.1, 0.15) is 471 Å². The van der Waals surface area contributed by atoms with Crippen molar-refractivity contribution in [1.29, 1.82) is 0 Å². The number of hydrogen-bond donors (Lipinski definition) is 3. The molecular formula is C87H170O17P2. The van der Waals surface area contributed by atoms with E-state index in [1.807, 2.05) is 0 Å². The third-order valence-corrected chi connectivity index (χ3v) is 22.8. The van der Waals surface area contributed by atoms with Gasteiger partial charge in [0.25, 0.3) is 0 Å². The maximum atomic E-state index is 13.2. The van der Waals surface area contributed by atoms with Crippen molar-refractivity contribution in [2.45, 2.75) is 490 Å². The van der Waals surface area contributed by atoms with E-state index in [4.69, 9.17) is 37.0 Å². The molecule has 0 bridgehead atoms. The van der Waals surface area contributed by atoms with E-state index in [1.54, 1.807) is 0 Å². The van der Waals surface area contributed by atoms with Gasteiger partial charge in [0, 0.05) is 25.7 Å². The molecule has 0 saturated heterocycles. The van der Waals surface area contributed by atoms with Crippen molar-refractivity contribution in [2.24, 2.45) is 5.92 Å². The fourth-order valence-corrected chi connectivity index (χ4v) is 15.2. The van der Waals surface area contributed by atoms with E-state index in [-0.39, 0.29) is 25.7 Å². The van der Waals surface area contributed by atoms with Gasteiger partial charge in [0.2, 0.25) is 0 Å². The summed E-state index contributed by atoms with van der Waals surface area (Å²) in [7, 11) is -9.93. The minimum absolute atomic E-state index is 0.106. The molecule has 0 fully saturated rings. The van der Waals surface area contributed by atoms with Crippen LogP contribution in [0.2, 0.25) is 0 Å². The number of ether oxygens (including phenoxy) is 4. The molecule has 0 heterocycles. The molecular weight excluding hydrogens is 1380 g/mol. The Hall–Kier alpha value is -1.94. The molecule has 6 atom stereocenters. The van der Waals surface area contributed by atoms with Crippen LogP contribution in [0.5, 0.6) is 0 Å². The van der Waals surface area contributed by atoms with Crippen LogP contribution in [0.15, 0.2) is 0 Å². The minimum atomic E-state index is -4.97. The van der Waals surface area contributed by atoms with E-state index in [2.05, 4.69) is 34.6 Å². The highest BCUT2D eigenvalue weighted by Gasteiger charge is 2.30. The molecule has 0 saturated carbocycles. The quantitative estimate of drug-likeness (QED) is 0.0222. The summed E-state index contributed by atoms with van der Waals surface area (Å²) in [5.41, 5.74) is 0. The average molecular weight is 1550 g/mol. The standard InChI is InChI=1S/C87H170O17P2/c1-6-10-13-16-19-22-25-27-29-31-33-35-37-39-41-43-45-48-51-57-62-67-72-86(91)103-82(76-98-85(90)71-66-61-56-50-47-44-42-40-38-36-34-32-30-28-26-23-20-17-14-11-7-2)78-101-105(93,94)99-74-81(88)75-100-106(95,96)102-79-83(77-97-84(89)70-65-60-55-49-46-24-21-18-15-12-8-3)104-87(92)73-68-63-58-53-52-54-59-64-69-80(5)9-4/h80-83,88H,6-79H2,1-5H3,(H,93,94)(H,95,96)/t80?,81-,82-,83-/m1/s1. The lowest BCUT2D eigenvalue weighted by molar-refractivity contribution is -0.161. The van der Waals surface area contributed by atoms with E-state index in [9.17, 15) is 43.2 Å². The lowest BCUT2D eigenvalue weighted by atomic mass is 9.99. The lowest BCUT2D eigenvalue weighted by Crippen LogP contribution is -2.30. The Morgan fingerprint density at radius 1 is 0.264 bits per heavy atom. The van der Waals surface area contributed by atoms with Gasteiger partial charge in [-0.3, -0.25) is 37.3 Å². The smallest absolute Gasteiger partial charge is 0.462 e. The Kier molecular flexibility index (Phi) is 78.2. The van der Waals surface area contributed by atoms with Gasteiger partial charge in [-0.1, -0.05) is 420 Å². The zero-order chi connectivity index (χ0) is 77.6. The summed E-state index contributed by atoms with van der Waals surface area (Å²) in [6.45, 7) is 7.35. The molecule has 19 heteroatoms. The fraction of sp³-hybridized carbons (Fsp3) is 0.954. The molecule has 0 aliphatic heterocycles. The SMILES string of the molecule is CCCCCCCCCCCCCCCCCCCCCCCCC(=O)O[C@H](COC(=O)CCCCCCCCCCCCCCCCCCCCCCC)COP(=O)(O)OC[C@@H](O)COP(=O)(O)OC[C@@H](COC(=O)CCCCCCCCCCCCC)OC(=O)CCCCCCCCCCC(C)CC. The summed E-state index contributed by atoms with van der Waals surface area (Å²) in [5, 5.41) is 10.7. The van der Waals surface area contributed by atoms with Crippen LogP contribution in [-0.4, -0.2) is 96.7 Å². The second-order valence-corrected chi connectivity index (χ2v) is 34.4. The van der Waals surface area contributed by atoms with Crippen molar-refractivity contribution in [2.75, 3.05) is 39.6 Å². The molecule has 3 N–H and O–H groups in total. The number of phosphoric ester groups is 2. The van der Waals surface area contributed by atoms with Crippen molar-refractivity contribution >= 4 is 39.5 Å². The number of carbonyl (C=O) groups excluding carboxylic acids is 4. The summed E-state index contributed by atoms with van der Waals surface area (Å²) in [5.74, 6) is -1.33. The van der Waals surface area contributed by atoms with E-state index >= 15 is 0 Å². The summed E-state index contributed by atoms with van der Waals surface area (Å²) in [6.07, 6.45) is 73.8. The van der Waals surface area contributed by atoms with Crippen LogP contribution in [-0.2, 0) is 65.4 Å². The van der Waals surface area contributed by atoms with Crippen LogP contribution in [0.4, 0.5) is 0 Å². The normalized spacial score (nSPS) is 14.0. The maximum Gasteiger partial charge on any atom is 0.472 e. The molecule has 0 aliphatic rings. The minimum Gasteiger partial charge on any atom is -0.462 e. The Morgan fingerprint density at radius 2 is 0.453 bits per heavy atom. The van der Waals surface area contributed by atoms with E-state index in [0.717, 1.165) is 95.8 Å². The summed E-state index contributed by atoms with van der Waals surface area (Å²) in [4.78, 5) is 73.2. The second kappa shape index (κ2) is 79.7. The van der Waals surface area contributed by atoms with Crippen LogP contribution in [0.3, 0.4) is 0 Å². The number of aliphatic hydroxyl groups excluding tert-OH is 1. The molecule has 0 aromatic carbocycles. The van der Waals surface area contributed by atoms with E-state index in [1.165, 1.54) is 295 Å². The van der Waals surface area contributed by atoms with Crippen molar-refractivity contribution in [3.8, 4) is 0 Å². The Morgan fingerprint density at radius 3 is 0.670 bits per heavy atom. The second-order valence-electron chi connectivity index (χ2n) is 31.5. The van der Waals surface area contributed by atoms with Crippen molar-refractivity contribution in [1.82, 2.24) is 0 Å². The van der Waals surface area contributed by atoms with Gasteiger partial charge in [0.05, 0.1) is 26.4 Å². The third kappa shape index (κ3) is 78.7. The molecule has 0 aromatic rings. The van der Waals surface area contributed by atoms with Crippen molar-refractivity contribution in [3.05, 3.63) is 0 Å². The van der Waals surface area contributed by atoms with Crippen LogP contribution in [0, 0.1) is 5.92 Å². The van der Waals surface area contributed by atoms with Gasteiger partial charge >= 0.3 is 39.5 Å². The number of carbonyl (C=O) groups is 4. The molecule has 0 aromatic heterocycles. The Bertz CT molecular complexity index is 2020. The van der Waals surface area contributed by atoms with Crippen LogP contribution >= 0.6 is 15.6 Å². The van der Waals surface area contributed by atoms with Gasteiger partial charge in [-0.15, -0.1) is 0 Å². The first-order valence-electron chi connectivity index (χ1n) is 45.2. The first kappa shape index (κ1) is 104. The molecule has 630 valence electrons. The topological polar surface area (TPSA) is 237 Å². The molecule has 0 aliphatic carbocycles. The summed E-state index contributed by atoms with van der Waals surface area (Å²) < 4.78 is 68.9. The zero-order valence-electron chi connectivity index (χ0n) is 69.6. The molecule has 0 amide bonds. The highest BCUT2D eigenvalue weighted by atomic mass is 31.2. The van der Waals surface area contributed by atoms with Crippen molar-refractivity contribution < 1.29 is 80.2 Å². The molecule has 0 rings (SSSR count). The largest absolute Gasteiger partial charge is 0.472 e. The molecule has 3 unspecified atom stereocenters. The number of esters is 4. The average Bonchev–Trinajstić information content (AvgIpc) is 0.899. The Labute approximate surface area is 651 Å². The Balaban J connectivity index is 5.20. The van der Waals surface area contributed by atoms with Crippen LogP contribution in [0.25, 0.3) is 0 Å². The summed E-state index contributed by atoms with van der Waals surface area (Å²) in [6, 6.07) is 0. The number of aliphatic hydroxyl groups is 1. The van der Waals surface area contributed by atoms with Crippen LogP contribution < -0.4 is 0 Å². The highest BCUT2D eigenvalue weighted by molar-refractivity contribution is 7.47. The fourth-order valence-electron chi connectivity index (χ4n) is 13.6. The number of hydrogen-bond acceptors (Lipinski definition) is 15. The van der Waals surface area contributed by atoms with Gasteiger partial charge < -0.3 is 33.8 Å². The van der Waals surface area contributed by atoms with Gasteiger partial charge in [-0.2, -0.15) is 0 Å². The maximum absolute atomic E-state index is 13.2. The zero-order valence-corrected chi connectivity index (χ0v) is 71.4. The predicted octanol–water partition coefficient (Wildman–Crippen LogP) is 26.8.